The fraction of sp³-hybridized carbons (Fsp3) is 0.625. The molecule has 0 radical (unpaired) electrons. The van der Waals surface area contributed by atoms with Crippen LogP contribution < -0.4 is 10.6 Å². The first-order valence-corrected chi connectivity index (χ1v) is 7.82. The molecule has 2 rings (SSSR count). The molecule has 1 heterocycles. The number of halogens is 1. The molecule has 0 saturated carbocycles. The van der Waals surface area contributed by atoms with Crippen molar-refractivity contribution in [3.8, 4) is 0 Å². The van der Waals surface area contributed by atoms with Crippen LogP contribution in [-0.4, -0.2) is 30.2 Å². The van der Waals surface area contributed by atoms with Crippen molar-refractivity contribution in [1.29, 1.82) is 0 Å². The van der Waals surface area contributed by atoms with Gasteiger partial charge >= 0.3 is 0 Å². The molecule has 1 aromatic heterocycles. The van der Waals surface area contributed by atoms with Gasteiger partial charge < -0.3 is 15.2 Å². The van der Waals surface area contributed by atoms with Crippen LogP contribution >= 0.6 is 24.0 Å². The standard InChI is InChI=1S/C16H26N4O.HI/c1-4-17-16(19-14-8-5-6-9-14)18-11-7-10-15-12(2)20-21-13(15)3;/h5-6,14H,4,7-11H2,1-3H3,(H2,17,18,19);1H. The van der Waals surface area contributed by atoms with E-state index in [-0.39, 0.29) is 24.0 Å². The van der Waals surface area contributed by atoms with Crippen LogP contribution in [0, 0.1) is 13.8 Å². The van der Waals surface area contributed by atoms with Crippen molar-refractivity contribution >= 4 is 29.9 Å². The van der Waals surface area contributed by atoms with Crippen molar-refractivity contribution in [1.82, 2.24) is 15.8 Å². The van der Waals surface area contributed by atoms with E-state index in [9.17, 15) is 0 Å². The van der Waals surface area contributed by atoms with Crippen molar-refractivity contribution in [2.24, 2.45) is 4.99 Å². The van der Waals surface area contributed by atoms with Gasteiger partial charge in [0.15, 0.2) is 5.96 Å². The largest absolute Gasteiger partial charge is 0.361 e. The molecule has 0 aromatic carbocycles. The molecular weight excluding hydrogens is 391 g/mol. The van der Waals surface area contributed by atoms with Gasteiger partial charge in [0.25, 0.3) is 0 Å². The monoisotopic (exact) mass is 418 g/mol. The van der Waals surface area contributed by atoms with Gasteiger partial charge in [0.1, 0.15) is 5.76 Å². The maximum Gasteiger partial charge on any atom is 0.191 e. The predicted molar refractivity (Wildman–Crippen MR) is 101 cm³/mol. The van der Waals surface area contributed by atoms with Gasteiger partial charge in [-0.25, -0.2) is 0 Å². The summed E-state index contributed by atoms with van der Waals surface area (Å²) in [5.41, 5.74) is 2.22. The maximum absolute atomic E-state index is 5.18. The number of rotatable bonds is 6. The molecule has 1 aliphatic rings. The molecule has 0 aliphatic heterocycles. The summed E-state index contributed by atoms with van der Waals surface area (Å²) in [7, 11) is 0. The van der Waals surface area contributed by atoms with E-state index in [1.165, 1.54) is 5.56 Å². The van der Waals surface area contributed by atoms with E-state index in [0.29, 0.717) is 6.04 Å². The summed E-state index contributed by atoms with van der Waals surface area (Å²) in [6.07, 6.45) is 8.59. The molecule has 0 atom stereocenters. The third-order valence-electron chi connectivity index (χ3n) is 3.73. The molecule has 5 nitrogen and oxygen atoms in total. The Hall–Kier alpha value is -1.05. The van der Waals surface area contributed by atoms with Gasteiger partial charge in [-0.15, -0.1) is 24.0 Å². The first-order valence-electron chi connectivity index (χ1n) is 7.82. The van der Waals surface area contributed by atoms with Gasteiger partial charge in [0, 0.05) is 24.7 Å². The zero-order valence-corrected chi connectivity index (χ0v) is 16.0. The van der Waals surface area contributed by atoms with Crippen LogP contribution in [0.3, 0.4) is 0 Å². The number of guanidine groups is 1. The van der Waals surface area contributed by atoms with E-state index in [1.54, 1.807) is 0 Å². The normalized spacial score (nSPS) is 15.0. The van der Waals surface area contributed by atoms with Crippen LogP contribution in [0.1, 0.15) is 43.2 Å². The molecule has 124 valence electrons. The lowest BCUT2D eigenvalue weighted by Crippen LogP contribution is -2.42. The fourth-order valence-corrected chi connectivity index (χ4v) is 2.55. The molecule has 1 aliphatic carbocycles. The number of aromatic nitrogens is 1. The van der Waals surface area contributed by atoms with E-state index >= 15 is 0 Å². The van der Waals surface area contributed by atoms with E-state index in [4.69, 9.17) is 4.52 Å². The van der Waals surface area contributed by atoms with Crippen LogP contribution in [0.25, 0.3) is 0 Å². The molecule has 0 fully saturated rings. The first kappa shape index (κ1) is 19.0. The van der Waals surface area contributed by atoms with Gasteiger partial charge in [-0.3, -0.25) is 4.99 Å². The zero-order chi connectivity index (χ0) is 15.1. The molecule has 6 heteroatoms. The summed E-state index contributed by atoms with van der Waals surface area (Å²) in [4.78, 5) is 4.65. The smallest absolute Gasteiger partial charge is 0.191 e. The first-order chi connectivity index (χ1) is 10.2. The predicted octanol–water partition coefficient (Wildman–Crippen LogP) is 3.12. The molecule has 1 aromatic rings. The molecule has 0 spiro atoms. The van der Waals surface area contributed by atoms with Gasteiger partial charge in [-0.1, -0.05) is 17.3 Å². The Morgan fingerprint density at radius 3 is 2.68 bits per heavy atom. The maximum atomic E-state index is 5.18. The molecule has 0 amide bonds. The Balaban J connectivity index is 0.00000242. The van der Waals surface area contributed by atoms with Gasteiger partial charge in [0.05, 0.1) is 5.69 Å². The summed E-state index contributed by atoms with van der Waals surface area (Å²) < 4.78 is 5.18. The van der Waals surface area contributed by atoms with Crippen molar-refractivity contribution in [2.75, 3.05) is 13.1 Å². The number of nitrogens with one attached hydrogen (secondary N) is 2. The minimum Gasteiger partial charge on any atom is -0.361 e. The molecule has 0 saturated heterocycles. The Morgan fingerprint density at radius 2 is 2.09 bits per heavy atom. The van der Waals surface area contributed by atoms with Crippen molar-refractivity contribution in [3.05, 3.63) is 29.2 Å². The Morgan fingerprint density at radius 1 is 1.36 bits per heavy atom. The topological polar surface area (TPSA) is 62.5 Å². The highest BCUT2D eigenvalue weighted by Crippen LogP contribution is 2.14. The highest BCUT2D eigenvalue weighted by molar-refractivity contribution is 14.0. The molecule has 0 unspecified atom stereocenters. The highest BCUT2D eigenvalue weighted by atomic mass is 127. The van der Waals surface area contributed by atoms with Crippen LogP contribution in [-0.2, 0) is 6.42 Å². The number of aliphatic imine (C=N–C) groups is 1. The second kappa shape index (κ2) is 9.86. The Kier molecular flexibility index (Phi) is 8.52. The summed E-state index contributed by atoms with van der Waals surface area (Å²) in [5.74, 6) is 1.85. The summed E-state index contributed by atoms with van der Waals surface area (Å²) in [5, 5.41) is 10.8. The fourth-order valence-electron chi connectivity index (χ4n) is 2.55. The second-order valence-corrected chi connectivity index (χ2v) is 5.45. The van der Waals surface area contributed by atoms with Gasteiger partial charge in [-0.2, -0.15) is 0 Å². The SMILES string of the molecule is CCNC(=NCCCc1c(C)noc1C)NC1CC=CC1.I. The van der Waals surface area contributed by atoms with Crippen molar-refractivity contribution in [2.45, 2.75) is 52.5 Å². The lowest BCUT2D eigenvalue weighted by Gasteiger charge is -2.16. The second-order valence-electron chi connectivity index (χ2n) is 5.45. The van der Waals surface area contributed by atoms with E-state index in [0.717, 1.165) is 56.2 Å². The minimum atomic E-state index is 0. The van der Waals surface area contributed by atoms with Gasteiger partial charge in [-0.05, 0) is 46.5 Å². The third-order valence-corrected chi connectivity index (χ3v) is 3.73. The van der Waals surface area contributed by atoms with Crippen molar-refractivity contribution < 1.29 is 4.52 Å². The quantitative estimate of drug-likeness (QED) is 0.245. The third kappa shape index (κ3) is 5.62. The number of hydrogen-bond acceptors (Lipinski definition) is 3. The molecule has 2 N–H and O–H groups in total. The Labute approximate surface area is 150 Å². The lowest BCUT2D eigenvalue weighted by atomic mass is 10.1. The zero-order valence-electron chi connectivity index (χ0n) is 13.7. The lowest BCUT2D eigenvalue weighted by molar-refractivity contribution is 0.392. The summed E-state index contributed by atoms with van der Waals surface area (Å²) >= 11 is 0. The summed E-state index contributed by atoms with van der Waals surface area (Å²) in [6, 6.07) is 0.491. The summed E-state index contributed by atoms with van der Waals surface area (Å²) in [6.45, 7) is 7.74. The molecule has 0 bridgehead atoms. The average molecular weight is 418 g/mol. The minimum absolute atomic E-state index is 0. The van der Waals surface area contributed by atoms with Crippen LogP contribution in [0.5, 0.6) is 0 Å². The number of nitrogens with zero attached hydrogens (tertiary/aromatic N) is 2. The molecule has 22 heavy (non-hydrogen) atoms. The highest BCUT2D eigenvalue weighted by Gasteiger charge is 2.11. The Bertz CT molecular complexity index is 483. The van der Waals surface area contributed by atoms with E-state index in [2.05, 4.69) is 39.9 Å². The number of hydrogen-bond donors (Lipinski definition) is 2. The van der Waals surface area contributed by atoms with Crippen LogP contribution in [0.2, 0.25) is 0 Å². The van der Waals surface area contributed by atoms with E-state index < -0.39 is 0 Å². The van der Waals surface area contributed by atoms with Crippen LogP contribution in [0.15, 0.2) is 21.7 Å². The van der Waals surface area contributed by atoms with Crippen molar-refractivity contribution in [3.63, 3.8) is 0 Å². The molecular formula is C16H27IN4O. The average Bonchev–Trinajstić information content (AvgIpc) is 3.07. The van der Waals surface area contributed by atoms with E-state index in [1.807, 2.05) is 13.8 Å². The number of aryl methyl sites for hydroxylation is 2. The van der Waals surface area contributed by atoms with Gasteiger partial charge in [0.2, 0.25) is 0 Å². The van der Waals surface area contributed by atoms with Crippen LogP contribution in [0.4, 0.5) is 0 Å².